The molecule has 3 aromatic rings. The summed E-state index contributed by atoms with van der Waals surface area (Å²) in [6, 6.07) is 13.7. The van der Waals surface area contributed by atoms with Gasteiger partial charge in [-0.3, -0.25) is 10.1 Å². The number of aromatic nitrogens is 1. The molecule has 2 aromatic carbocycles. The summed E-state index contributed by atoms with van der Waals surface area (Å²) < 4.78 is 10.6. The summed E-state index contributed by atoms with van der Waals surface area (Å²) in [5.74, 6) is 0.742. The van der Waals surface area contributed by atoms with Gasteiger partial charge in [-0.25, -0.2) is 0 Å². The van der Waals surface area contributed by atoms with Gasteiger partial charge in [-0.05, 0) is 35.7 Å². The molecular formula is C21H22N2O4. The number of hydrogen-bond donors (Lipinski definition) is 3. The first-order valence-electron chi connectivity index (χ1n) is 8.93. The smallest absolute Gasteiger partial charge is 0.293 e. The van der Waals surface area contributed by atoms with Gasteiger partial charge in [0.25, 0.3) is 6.47 Å². The zero-order chi connectivity index (χ0) is 18.8. The van der Waals surface area contributed by atoms with Crippen LogP contribution in [0.2, 0.25) is 0 Å². The summed E-state index contributed by atoms with van der Waals surface area (Å²) in [4.78, 5) is 14.2. The van der Waals surface area contributed by atoms with E-state index < -0.39 is 0 Å². The molecule has 4 rings (SSSR count). The summed E-state index contributed by atoms with van der Waals surface area (Å²) in [5, 5.41) is 14.3. The van der Waals surface area contributed by atoms with Crippen LogP contribution in [-0.2, 0) is 22.6 Å². The number of ether oxygens (including phenoxy) is 2. The van der Waals surface area contributed by atoms with Gasteiger partial charge in [0.15, 0.2) is 0 Å². The lowest BCUT2D eigenvalue weighted by Gasteiger charge is -2.32. The van der Waals surface area contributed by atoms with Crippen molar-refractivity contribution in [2.45, 2.75) is 25.1 Å². The van der Waals surface area contributed by atoms with Gasteiger partial charge in [-0.2, -0.15) is 0 Å². The second-order valence-corrected chi connectivity index (χ2v) is 6.73. The SMILES string of the molecule is COc1ccc(CO)cc1[C@@H]1N[C@H](COC=O)Cc2c1[nH]c1ccccc21. The number of nitrogens with one attached hydrogen (secondary N) is 2. The van der Waals surface area contributed by atoms with E-state index >= 15 is 0 Å². The number of benzene rings is 2. The van der Waals surface area contributed by atoms with Crippen LogP contribution in [0.1, 0.15) is 28.4 Å². The molecule has 0 radical (unpaired) electrons. The molecule has 6 heteroatoms. The van der Waals surface area contributed by atoms with Gasteiger partial charge in [0, 0.05) is 28.2 Å². The molecule has 3 N–H and O–H groups in total. The molecule has 0 bridgehead atoms. The number of para-hydroxylation sites is 1. The number of carbonyl (C=O) groups excluding carboxylic acids is 1. The Morgan fingerprint density at radius 3 is 2.89 bits per heavy atom. The monoisotopic (exact) mass is 366 g/mol. The maximum absolute atomic E-state index is 10.7. The number of rotatable bonds is 6. The van der Waals surface area contributed by atoms with Crippen molar-refractivity contribution in [2.75, 3.05) is 13.7 Å². The third-order valence-corrected chi connectivity index (χ3v) is 5.14. The molecule has 1 aliphatic rings. The van der Waals surface area contributed by atoms with Crippen molar-refractivity contribution >= 4 is 17.4 Å². The lowest BCUT2D eigenvalue weighted by atomic mass is 9.89. The highest BCUT2D eigenvalue weighted by Gasteiger charge is 2.32. The molecule has 0 unspecified atom stereocenters. The fraction of sp³-hybridized carbons (Fsp3) is 0.286. The van der Waals surface area contributed by atoms with Crippen molar-refractivity contribution in [2.24, 2.45) is 0 Å². The van der Waals surface area contributed by atoms with Gasteiger partial charge in [0.05, 0.1) is 19.8 Å². The Bertz CT molecular complexity index is 966. The molecule has 140 valence electrons. The molecule has 0 saturated carbocycles. The average molecular weight is 366 g/mol. The molecule has 0 fully saturated rings. The average Bonchev–Trinajstić information content (AvgIpc) is 3.09. The number of carbonyl (C=O) groups is 1. The third kappa shape index (κ3) is 3.18. The van der Waals surface area contributed by atoms with Crippen LogP contribution >= 0.6 is 0 Å². The Balaban J connectivity index is 1.86. The highest BCUT2D eigenvalue weighted by atomic mass is 16.5. The minimum Gasteiger partial charge on any atom is -0.496 e. The van der Waals surface area contributed by atoms with Gasteiger partial charge >= 0.3 is 0 Å². The fourth-order valence-corrected chi connectivity index (χ4v) is 3.93. The van der Waals surface area contributed by atoms with Crippen molar-refractivity contribution in [1.82, 2.24) is 10.3 Å². The normalized spacial score (nSPS) is 18.9. The molecule has 1 aromatic heterocycles. The second-order valence-electron chi connectivity index (χ2n) is 6.73. The minimum atomic E-state index is -0.164. The number of H-pyrrole nitrogens is 1. The van der Waals surface area contributed by atoms with E-state index in [1.54, 1.807) is 7.11 Å². The number of hydrogen-bond acceptors (Lipinski definition) is 5. The Hall–Kier alpha value is -2.83. The van der Waals surface area contributed by atoms with Crippen molar-refractivity contribution in [3.8, 4) is 5.75 Å². The third-order valence-electron chi connectivity index (χ3n) is 5.14. The molecule has 1 aliphatic heterocycles. The molecule has 0 amide bonds. The van der Waals surface area contributed by atoms with Crippen molar-refractivity contribution < 1.29 is 19.4 Å². The Morgan fingerprint density at radius 2 is 2.11 bits per heavy atom. The lowest BCUT2D eigenvalue weighted by molar-refractivity contribution is -0.129. The van der Waals surface area contributed by atoms with Crippen LogP contribution in [-0.4, -0.2) is 36.3 Å². The maximum Gasteiger partial charge on any atom is 0.293 e. The molecule has 27 heavy (non-hydrogen) atoms. The number of methoxy groups -OCH3 is 1. The number of aliphatic hydroxyl groups excluding tert-OH is 1. The molecular weight excluding hydrogens is 344 g/mol. The molecule has 0 spiro atoms. The topological polar surface area (TPSA) is 83.6 Å². The number of aliphatic hydroxyl groups is 1. The Labute approximate surface area is 157 Å². The quantitative estimate of drug-likeness (QED) is 0.584. The maximum atomic E-state index is 10.7. The van der Waals surface area contributed by atoms with E-state index in [4.69, 9.17) is 9.47 Å². The molecule has 0 aliphatic carbocycles. The van der Waals surface area contributed by atoms with E-state index in [0.717, 1.165) is 34.5 Å². The minimum absolute atomic E-state index is 0.0191. The second kappa shape index (κ2) is 7.42. The van der Waals surface area contributed by atoms with E-state index in [2.05, 4.69) is 22.4 Å². The largest absolute Gasteiger partial charge is 0.496 e. The number of fused-ring (bicyclic) bond motifs is 3. The van der Waals surface area contributed by atoms with Crippen LogP contribution in [0.4, 0.5) is 0 Å². The Kier molecular flexibility index (Phi) is 4.83. The summed E-state index contributed by atoms with van der Waals surface area (Å²) >= 11 is 0. The highest BCUT2D eigenvalue weighted by molar-refractivity contribution is 5.85. The van der Waals surface area contributed by atoms with E-state index in [-0.39, 0.29) is 18.7 Å². The van der Waals surface area contributed by atoms with Crippen LogP contribution in [0.15, 0.2) is 42.5 Å². The molecule has 6 nitrogen and oxygen atoms in total. The summed E-state index contributed by atoms with van der Waals surface area (Å²) in [6.45, 7) is 0.732. The first-order chi connectivity index (χ1) is 13.2. The molecule has 0 saturated heterocycles. The zero-order valence-corrected chi connectivity index (χ0v) is 15.1. The predicted octanol–water partition coefficient (Wildman–Crippen LogP) is 2.45. The van der Waals surface area contributed by atoms with Crippen molar-refractivity contribution in [3.63, 3.8) is 0 Å². The first-order valence-corrected chi connectivity index (χ1v) is 8.93. The summed E-state index contributed by atoms with van der Waals surface area (Å²) in [5.41, 5.74) is 5.12. The van der Waals surface area contributed by atoms with Crippen LogP contribution in [0, 0.1) is 0 Å². The fourth-order valence-electron chi connectivity index (χ4n) is 3.93. The van der Waals surface area contributed by atoms with Gasteiger partial charge < -0.3 is 19.6 Å². The van der Waals surface area contributed by atoms with Gasteiger partial charge in [-0.1, -0.05) is 24.3 Å². The van der Waals surface area contributed by atoms with E-state index in [0.29, 0.717) is 13.1 Å². The predicted molar refractivity (Wildman–Crippen MR) is 102 cm³/mol. The van der Waals surface area contributed by atoms with Gasteiger partial charge in [0.1, 0.15) is 12.4 Å². The van der Waals surface area contributed by atoms with Crippen LogP contribution in [0.25, 0.3) is 10.9 Å². The van der Waals surface area contributed by atoms with Crippen LogP contribution in [0.3, 0.4) is 0 Å². The highest BCUT2D eigenvalue weighted by Crippen LogP contribution is 2.38. The van der Waals surface area contributed by atoms with Gasteiger partial charge in [0.2, 0.25) is 0 Å². The van der Waals surface area contributed by atoms with E-state index in [1.807, 2.05) is 30.3 Å². The van der Waals surface area contributed by atoms with Crippen molar-refractivity contribution in [1.29, 1.82) is 0 Å². The van der Waals surface area contributed by atoms with E-state index in [9.17, 15) is 9.90 Å². The summed E-state index contributed by atoms with van der Waals surface area (Å²) in [6.07, 6.45) is 0.756. The molecule has 2 atom stereocenters. The lowest BCUT2D eigenvalue weighted by Crippen LogP contribution is -2.42. The molecule has 2 heterocycles. The summed E-state index contributed by atoms with van der Waals surface area (Å²) in [7, 11) is 1.64. The van der Waals surface area contributed by atoms with Crippen LogP contribution < -0.4 is 10.1 Å². The zero-order valence-electron chi connectivity index (χ0n) is 15.1. The first kappa shape index (κ1) is 17.6. The van der Waals surface area contributed by atoms with Crippen molar-refractivity contribution in [3.05, 3.63) is 64.8 Å². The van der Waals surface area contributed by atoms with E-state index in [1.165, 1.54) is 10.9 Å². The van der Waals surface area contributed by atoms with Gasteiger partial charge in [-0.15, -0.1) is 0 Å². The number of aromatic amines is 1. The Morgan fingerprint density at radius 1 is 1.26 bits per heavy atom. The standard InChI is InChI=1S/C21H22N2O4/c1-26-19-7-6-13(10-24)8-17(19)21-20-16(9-14(22-21)11-27-12-25)15-4-2-3-5-18(15)23-20/h2-8,12,14,21-24H,9-11H2,1H3/t14-,21-/m0/s1. The van der Waals surface area contributed by atoms with Crippen LogP contribution in [0.5, 0.6) is 5.75 Å².